The summed E-state index contributed by atoms with van der Waals surface area (Å²) in [4.78, 5) is 2.20. The Morgan fingerprint density at radius 3 is 2.64 bits per heavy atom. The first kappa shape index (κ1) is 11.5. The second-order valence-corrected chi connectivity index (χ2v) is 3.94. The van der Waals surface area contributed by atoms with Crippen LogP contribution < -0.4 is 4.74 Å². The Labute approximate surface area is 94.0 Å². The van der Waals surface area contributed by atoms with E-state index < -0.39 is 0 Å². The summed E-state index contributed by atoms with van der Waals surface area (Å²) in [6, 6.07) is 6.29. The standard InChI is InChI=1S/C11H16BrNO/c1-9-6-10(7-13(2)8-12)4-5-11(9)14-3/h4-6H,7-8H2,1-3H3. The van der Waals surface area contributed by atoms with Crippen LogP contribution in [0.25, 0.3) is 0 Å². The number of ether oxygens (including phenoxy) is 1. The Bertz CT molecular complexity index is 301. The highest BCUT2D eigenvalue weighted by Crippen LogP contribution is 2.19. The van der Waals surface area contributed by atoms with Gasteiger partial charge in [-0.25, -0.2) is 0 Å². The number of benzene rings is 1. The molecule has 0 aliphatic carbocycles. The summed E-state index contributed by atoms with van der Waals surface area (Å²) in [5, 5.41) is 0. The van der Waals surface area contributed by atoms with Crippen molar-refractivity contribution in [2.75, 3.05) is 19.6 Å². The zero-order valence-electron chi connectivity index (χ0n) is 8.88. The number of hydrogen-bond acceptors (Lipinski definition) is 2. The Kier molecular flexibility index (Phi) is 4.42. The summed E-state index contributed by atoms with van der Waals surface area (Å²) in [7, 11) is 3.78. The topological polar surface area (TPSA) is 12.5 Å². The van der Waals surface area contributed by atoms with Gasteiger partial charge in [0.15, 0.2) is 0 Å². The van der Waals surface area contributed by atoms with Gasteiger partial charge in [0.05, 0.1) is 12.6 Å². The number of rotatable bonds is 4. The number of hydrogen-bond donors (Lipinski definition) is 0. The highest BCUT2D eigenvalue weighted by molar-refractivity contribution is 9.09. The predicted octanol–water partition coefficient (Wildman–Crippen LogP) is 2.79. The first-order valence-corrected chi connectivity index (χ1v) is 5.67. The molecule has 14 heavy (non-hydrogen) atoms. The summed E-state index contributed by atoms with van der Waals surface area (Å²) in [5.74, 6) is 0.954. The molecule has 0 saturated carbocycles. The lowest BCUT2D eigenvalue weighted by molar-refractivity contribution is 0.388. The molecule has 0 aromatic heterocycles. The fourth-order valence-electron chi connectivity index (χ4n) is 1.39. The van der Waals surface area contributed by atoms with Crippen LogP contribution in [0.3, 0.4) is 0 Å². The van der Waals surface area contributed by atoms with Gasteiger partial charge in [-0.05, 0) is 31.2 Å². The number of nitrogens with zero attached hydrogens (tertiary/aromatic N) is 1. The minimum atomic E-state index is 0.887. The molecule has 0 fully saturated rings. The van der Waals surface area contributed by atoms with Crippen LogP contribution in [0.2, 0.25) is 0 Å². The van der Waals surface area contributed by atoms with E-state index in [-0.39, 0.29) is 0 Å². The molecule has 0 saturated heterocycles. The lowest BCUT2D eigenvalue weighted by Gasteiger charge is -2.14. The van der Waals surface area contributed by atoms with Crippen LogP contribution in [0.4, 0.5) is 0 Å². The van der Waals surface area contributed by atoms with Crippen molar-refractivity contribution < 1.29 is 4.74 Å². The quantitative estimate of drug-likeness (QED) is 0.608. The SMILES string of the molecule is COc1ccc(CN(C)CBr)cc1C. The smallest absolute Gasteiger partial charge is 0.121 e. The Morgan fingerprint density at radius 1 is 1.43 bits per heavy atom. The van der Waals surface area contributed by atoms with Crippen LogP contribution >= 0.6 is 15.9 Å². The van der Waals surface area contributed by atoms with E-state index in [1.807, 2.05) is 6.07 Å². The summed E-state index contributed by atoms with van der Waals surface area (Å²) < 4.78 is 5.21. The minimum absolute atomic E-state index is 0.887. The molecule has 0 amide bonds. The first-order chi connectivity index (χ1) is 6.67. The molecule has 0 radical (unpaired) electrons. The lowest BCUT2D eigenvalue weighted by Crippen LogP contribution is -2.15. The van der Waals surface area contributed by atoms with Crippen molar-refractivity contribution in [1.82, 2.24) is 4.90 Å². The third-order valence-corrected chi connectivity index (χ3v) is 2.97. The number of methoxy groups -OCH3 is 1. The zero-order valence-corrected chi connectivity index (χ0v) is 10.5. The second kappa shape index (κ2) is 5.37. The first-order valence-electron chi connectivity index (χ1n) is 4.55. The van der Waals surface area contributed by atoms with E-state index in [0.29, 0.717) is 0 Å². The molecule has 0 bridgehead atoms. The maximum atomic E-state index is 5.21. The van der Waals surface area contributed by atoms with Crippen LogP contribution in [-0.4, -0.2) is 24.5 Å². The molecular formula is C11H16BrNO. The van der Waals surface area contributed by atoms with Gasteiger partial charge in [-0.1, -0.05) is 28.1 Å². The molecule has 2 nitrogen and oxygen atoms in total. The molecule has 0 unspecified atom stereocenters. The van der Waals surface area contributed by atoms with Crippen molar-refractivity contribution in [1.29, 1.82) is 0 Å². The van der Waals surface area contributed by atoms with Crippen LogP contribution in [0.5, 0.6) is 5.75 Å². The monoisotopic (exact) mass is 257 g/mol. The van der Waals surface area contributed by atoms with Gasteiger partial charge in [0.1, 0.15) is 5.75 Å². The van der Waals surface area contributed by atoms with Crippen molar-refractivity contribution in [3.63, 3.8) is 0 Å². The van der Waals surface area contributed by atoms with Gasteiger partial charge in [0.2, 0.25) is 0 Å². The van der Waals surface area contributed by atoms with Gasteiger partial charge in [-0.3, -0.25) is 4.90 Å². The molecule has 0 spiro atoms. The molecule has 78 valence electrons. The molecule has 0 aliphatic heterocycles. The summed E-state index contributed by atoms with van der Waals surface area (Å²) in [5.41, 5.74) is 3.39. The molecule has 0 atom stereocenters. The fraction of sp³-hybridized carbons (Fsp3) is 0.455. The average Bonchev–Trinajstić information content (AvgIpc) is 2.18. The summed E-state index contributed by atoms with van der Waals surface area (Å²) in [6.07, 6.45) is 0. The highest BCUT2D eigenvalue weighted by Gasteiger charge is 2.01. The number of alkyl halides is 1. The molecule has 0 N–H and O–H groups in total. The van der Waals surface area contributed by atoms with Gasteiger partial charge in [0.25, 0.3) is 0 Å². The van der Waals surface area contributed by atoms with E-state index in [9.17, 15) is 0 Å². The number of aryl methyl sites for hydroxylation is 1. The molecule has 3 heteroatoms. The fourth-order valence-corrected chi connectivity index (χ4v) is 1.57. The van der Waals surface area contributed by atoms with Crippen molar-refractivity contribution in [3.8, 4) is 5.75 Å². The van der Waals surface area contributed by atoms with Crippen LogP contribution in [0, 0.1) is 6.92 Å². The minimum Gasteiger partial charge on any atom is -0.496 e. The van der Waals surface area contributed by atoms with E-state index in [4.69, 9.17) is 4.74 Å². The van der Waals surface area contributed by atoms with Crippen LogP contribution in [-0.2, 0) is 6.54 Å². The highest BCUT2D eigenvalue weighted by atomic mass is 79.9. The van der Waals surface area contributed by atoms with E-state index in [2.05, 4.69) is 46.9 Å². The largest absolute Gasteiger partial charge is 0.496 e. The molecule has 0 aliphatic rings. The van der Waals surface area contributed by atoms with E-state index in [0.717, 1.165) is 17.7 Å². The second-order valence-electron chi connectivity index (χ2n) is 3.44. The van der Waals surface area contributed by atoms with Crippen LogP contribution in [0.15, 0.2) is 18.2 Å². The summed E-state index contributed by atoms with van der Waals surface area (Å²) >= 11 is 3.42. The summed E-state index contributed by atoms with van der Waals surface area (Å²) in [6.45, 7) is 3.02. The molecule has 0 heterocycles. The maximum absolute atomic E-state index is 5.21. The van der Waals surface area contributed by atoms with Gasteiger partial charge >= 0.3 is 0 Å². The average molecular weight is 258 g/mol. The molecule has 1 rings (SSSR count). The van der Waals surface area contributed by atoms with E-state index >= 15 is 0 Å². The predicted molar refractivity (Wildman–Crippen MR) is 63.0 cm³/mol. The molecular weight excluding hydrogens is 242 g/mol. The Morgan fingerprint density at radius 2 is 2.14 bits per heavy atom. The van der Waals surface area contributed by atoms with Gasteiger partial charge < -0.3 is 4.74 Å². The molecule has 1 aromatic carbocycles. The van der Waals surface area contributed by atoms with Crippen molar-refractivity contribution in [2.24, 2.45) is 0 Å². The van der Waals surface area contributed by atoms with Gasteiger partial charge in [0, 0.05) is 6.54 Å². The van der Waals surface area contributed by atoms with Crippen molar-refractivity contribution in [3.05, 3.63) is 29.3 Å². The van der Waals surface area contributed by atoms with Gasteiger partial charge in [-0.2, -0.15) is 0 Å². The van der Waals surface area contributed by atoms with Crippen molar-refractivity contribution >= 4 is 15.9 Å². The third-order valence-electron chi connectivity index (χ3n) is 2.12. The molecule has 1 aromatic rings. The normalized spacial score (nSPS) is 10.6. The maximum Gasteiger partial charge on any atom is 0.121 e. The van der Waals surface area contributed by atoms with E-state index in [1.165, 1.54) is 11.1 Å². The Hall–Kier alpha value is -0.540. The number of halogens is 1. The van der Waals surface area contributed by atoms with Crippen LogP contribution in [0.1, 0.15) is 11.1 Å². The Balaban J connectivity index is 2.76. The zero-order chi connectivity index (χ0) is 10.6. The third kappa shape index (κ3) is 3.00. The lowest BCUT2D eigenvalue weighted by atomic mass is 10.1. The van der Waals surface area contributed by atoms with Crippen molar-refractivity contribution in [2.45, 2.75) is 13.5 Å². The van der Waals surface area contributed by atoms with Gasteiger partial charge in [-0.15, -0.1) is 0 Å². The van der Waals surface area contributed by atoms with E-state index in [1.54, 1.807) is 7.11 Å².